The molecule has 1 aliphatic heterocycles. The molecule has 1 N–H and O–H groups in total. The van der Waals surface area contributed by atoms with Crippen molar-refractivity contribution in [2.24, 2.45) is 0 Å². The van der Waals surface area contributed by atoms with Crippen molar-refractivity contribution in [3.05, 3.63) is 65.2 Å². The van der Waals surface area contributed by atoms with E-state index in [9.17, 15) is 9.59 Å². The summed E-state index contributed by atoms with van der Waals surface area (Å²) < 4.78 is 0. The predicted octanol–water partition coefficient (Wildman–Crippen LogP) is 2.84. The molecule has 4 heteroatoms. The maximum absolute atomic E-state index is 12.3. The second-order valence-electron chi connectivity index (χ2n) is 6.08. The van der Waals surface area contributed by atoms with Crippen molar-refractivity contribution in [3.8, 4) is 0 Å². The maximum Gasteiger partial charge on any atom is 0.251 e. The van der Waals surface area contributed by atoms with Crippen LogP contribution in [-0.4, -0.2) is 24.4 Å². The van der Waals surface area contributed by atoms with Gasteiger partial charge in [-0.25, -0.2) is 0 Å². The van der Waals surface area contributed by atoms with Gasteiger partial charge in [0.2, 0.25) is 5.91 Å². The molecule has 1 aliphatic rings. The van der Waals surface area contributed by atoms with Gasteiger partial charge in [0.15, 0.2) is 0 Å². The lowest BCUT2D eigenvalue weighted by Crippen LogP contribution is -2.37. The summed E-state index contributed by atoms with van der Waals surface area (Å²) in [5.74, 6) is -0.0865. The van der Waals surface area contributed by atoms with Crippen LogP contribution >= 0.6 is 0 Å². The normalized spacial score (nSPS) is 17.4. The first-order valence-electron chi connectivity index (χ1n) is 7.77. The molecular weight excluding hydrogens is 288 g/mol. The summed E-state index contributed by atoms with van der Waals surface area (Å²) in [5, 5.41) is 2.95. The number of rotatable bonds is 3. The number of hydrogen-bond acceptors (Lipinski definition) is 2. The Balaban J connectivity index is 1.66. The summed E-state index contributed by atoms with van der Waals surface area (Å²) in [4.78, 5) is 26.2. The Bertz CT molecular complexity index is 720. The van der Waals surface area contributed by atoms with Gasteiger partial charge in [-0.15, -0.1) is 0 Å². The highest BCUT2D eigenvalue weighted by Gasteiger charge is 2.31. The first-order valence-corrected chi connectivity index (χ1v) is 7.77. The molecule has 0 unspecified atom stereocenters. The average molecular weight is 308 g/mol. The van der Waals surface area contributed by atoms with E-state index in [1.54, 1.807) is 17.0 Å². The van der Waals surface area contributed by atoms with Crippen LogP contribution in [0.2, 0.25) is 0 Å². The molecule has 3 rings (SSSR count). The summed E-state index contributed by atoms with van der Waals surface area (Å²) in [5.41, 5.74) is 3.78. The predicted molar refractivity (Wildman–Crippen MR) is 90.6 cm³/mol. The van der Waals surface area contributed by atoms with E-state index in [0.717, 1.165) is 16.8 Å². The van der Waals surface area contributed by atoms with Crippen molar-refractivity contribution in [1.29, 1.82) is 0 Å². The van der Waals surface area contributed by atoms with Crippen LogP contribution in [0, 0.1) is 13.8 Å². The Morgan fingerprint density at radius 2 is 1.57 bits per heavy atom. The Hall–Kier alpha value is -2.62. The molecule has 0 aromatic heterocycles. The third kappa shape index (κ3) is 3.42. The largest absolute Gasteiger partial charge is 0.347 e. The first-order chi connectivity index (χ1) is 11.0. The average Bonchev–Trinajstić information content (AvgIpc) is 2.89. The lowest BCUT2D eigenvalue weighted by atomic mass is 10.1. The van der Waals surface area contributed by atoms with E-state index >= 15 is 0 Å². The smallest absolute Gasteiger partial charge is 0.251 e. The minimum Gasteiger partial charge on any atom is -0.347 e. The fourth-order valence-corrected chi connectivity index (χ4v) is 2.75. The Labute approximate surface area is 136 Å². The number of aryl methyl sites for hydroxylation is 2. The van der Waals surface area contributed by atoms with Crippen LogP contribution in [0.1, 0.15) is 27.9 Å². The van der Waals surface area contributed by atoms with E-state index in [2.05, 4.69) is 5.32 Å². The van der Waals surface area contributed by atoms with Gasteiger partial charge >= 0.3 is 0 Å². The number of hydrogen-bond donors (Lipinski definition) is 1. The van der Waals surface area contributed by atoms with E-state index in [1.807, 2.05) is 50.2 Å². The number of benzene rings is 2. The monoisotopic (exact) mass is 308 g/mol. The zero-order valence-corrected chi connectivity index (χ0v) is 13.4. The quantitative estimate of drug-likeness (QED) is 0.948. The van der Waals surface area contributed by atoms with E-state index in [1.165, 1.54) is 0 Å². The summed E-state index contributed by atoms with van der Waals surface area (Å²) in [7, 11) is 0. The van der Waals surface area contributed by atoms with E-state index < -0.39 is 0 Å². The molecule has 1 saturated heterocycles. The molecule has 2 aromatic rings. The number of carbonyl (C=O) groups excluding carboxylic acids is 2. The van der Waals surface area contributed by atoms with Crippen molar-refractivity contribution in [2.75, 3.05) is 11.4 Å². The molecule has 0 radical (unpaired) electrons. The second kappa shape index (κ2) is 6.24. The molecule has 118 valence electrons. The van der Waals surface area contributed by atoms with Crippen LogP contribution in [0.25, 0.3) is 0 Å². The number of nitrogens with one attached hydrogen (secondary N) is 1. The highest BCUT2D eigenvalue weighted by molar-refractivity contribution is 5.98. The molecule has 0 bridgehead atoms. The molecule has 1 heterocycles. The van der Waals surface area contributed by atoms with Gasteiger partial charge in [0.05, 0.1) is 6.04 Å². The SMILES string of the molecule is Cc1ccc(C(=O)N[C@@H]2CC(=O)N(c3ccc(C)cc3)C2)cc1. The van der Waals surface area contributed by atoms with Crippen LogP contribution in [-0.2, 0) is 4.79 Å². The lowest BCUT2D eigenvalue weighted by molar-refractivity contribution is -0.117. The number of amides is 2. The second-order valence-corrected chi connectivity index (χ2v) is 6.08. The van der Waals surface area contributed by atoms with Crippen molar-refractivity contribution < 1.29 is 9.59 Å². The molecule has 23 heavy (non-hydrogen) atoms. The molecule has 1 fully saturated rings. The van der Waals surface area contributed by atoms with E-state index in [0.29, 0.717) is 18.5 Å². The summed E-state index contributed by atoms with van der Waals surface area (Å²) in [6.45, 7) is 4.51. The van der Waals surface area contributed by atoms with Gasteiger partial charge in [0.25, 0.3) is 5.91 Å². The van der Waals surface area contributed by atoms with Gasteiger partial charge in [0, 0.05) is 24.2 Å². The number of anilines is 1. The first kappa shape index (κ1) is 15.3. The Morgan fingerprint density at radius 1 is 1.00 bits per heavy atom. The van der Waals surface area contributed by atoms with Crippen molar-refractivity contribution in [3.63, 3.8) is 0 Å². The number of carbonyl (C=O) groups is 2. The molecule has 1 atom stereocenters. The van der Waals surface area contributed by atoms with Crippen molar-refractivity contribution >= 4 is 17.5 Å². The van der Waals surface area contributed by atoms with E-state index in [4.69, 9.17) is 0 Å². The molecule has 2 aromatic carbocycles. The summed E-state index contributed by atoms with van der Waals surface area (Å²) >= 11 is 0. The zero-order valence-electron chi connectivity index (χ0n) is 13.4. The zero-order chi connectivity index (χ0) is 16.4. The highest BCUT2D eigenvalue weighted by Crippen LogP contribution is 2.22. The number of nitrogens with zero attached hydrogens (tertiary/aromatic N) is 1. The molecule has 0 aliphatic carbocycles. The Kier molecular flexibility index (Phi) is 4.15. The van der Waals surface area contributed by atoms with Crippen LogP contribution < -0.4 is 10.2 Å². The molecule has 4 nitrogen and oxygen atoms in total. The summed E-state index contributed by atoms with van der Waals surface area (Å²) in [6.07, 6.45) is 0.339. The van der Waals surface area contributed by atoms with Crippen molar-refractivity contribution in [2.45, 2.75) is 26.3 Å². The maximum atomic E-state index is 12.3. The van der Waals surface area contributed by atoms with Crippen LogP contribution in [0.4, 0.5) is 5.69 Å². The highest BCUT2D eigenvalue weighted by atomic mass is 16.2. The lowest BCUT2D eigenvalue weighted by Gasteiger charge is -2.17. The van der Waals surface area contributed by atoms with E-state index in [-0.39, 0.29) is 17.9 Å². The van der Waals surface area contributed by atoms with Crippen molar-refractivity contribution in [1.82, 2.24) is 5.32 Å². The van der Waals surface area contributed by atoms with Gasteiger partial charge in [-0.1, -0.05) is 35.4 Å². The topological polar surface area (TPSA) is 49.4 Å². The standard InChI is InChI=1S/C19H20N2O2/c1-13-3-7-15(8-4-13)19(23)20-16-11-18(22)21(12-16)17-9-5-14(2)6-10-17/h3-10,16H,11-12H2,1-2H3,(H,20,23)/t16-/m1/s1. The minimum atomic E-state index is -0.155. The van der Waals surface area contributed by atoms with Crippen LogP contribution in [0.15, 0.2) is 48.5 Å². The van der Waals surface area contributed by atoms with Gasteiger partial charge < -0.3 is 10.2 Å². The third-order valence-electron chi connectivity index (χ3n) is 4.12. The molecule has 0 spiro atoms. The Morgan fingerprint density at radius 3 is 2.17 bits per heavy atom. The third-order valence-corrected chi connectivity index (χ3v) is 4.12. The molecule has 0 saturated carbocycles. The van der Waals surface area contributed by atoms with Gasteiger partial charge in [-0.05, 0) is 38.1 Å². The fourth-order valence-electron chi connectivity index (χ4n) is 2.75. The molecular formula is C19H20N2O2. The van der Waals surface area contributed by atoms with Gasteiger partial charge in [-0.2, -0.15) is 0 Å². The minimum absolute atomic E-state index is 0.0445. The fraction of sp³-hybridized carbons (Fsp3) is 0.263. The van der Waals surface area contributed by atoms with Crippen LogP contribution in [0.3, 0.4) is 0 Å². The summed E-state index contributed by atoms with van der Waals surface area (Å²) in [6, 6.07) is 15.1. The molecule has 2 amide bonds. The van der Waals surface area contributed by atoms with Gasteiger partial charge in [0.1, 0.15) is 0 Å². The van der Waals surface area contributed by atoms with Crippen LogP contribution in [0.5, 0.6) is 0 Å². The van der Waals surface area contributed by atoms with Gasteiger partial charge in [-0.3, -0.25) is 9.59 Å².